The Kier molecular flexibility index (Phi) is 3.96. The molecule has 1 N–H and O–H groups in total. The van der Waals surface area contributed by atoms with E-state index < -0.39 is 0 Å². The first-order valence-electron chi connectivity index (χ1n) is 7.10. The molecule has 0 aliphatic carbocycles. The molecular weight excluding hydrogens is 266 g/mol. The fourth-order valence-electron chi connectivity index (χ4n) is 2.29. The number of benzene rings is 1. The van der Waals surface area contributed by atoms with Gasteiger partial charge in [-0.2, -0.15) is 15.0 Å². The minimum Gasteiger partial charge on any atom is -0.378 e. The van der Waals surface area contributed by atoms with Crippen molar-refractivity contribution < 1.29 is 4.74 Å². The predicted octanol–water partition coefficient (Wildman–Crippen LogP) is 1.73. The van der Waals surface area contributed by atoms with Crippen molar-refractivity contribution in [3.05, 3.63) is 29.8 Å². The van der Waals surface area contributed by atoms with Gasteiger partial charge in [-0.25, -0.2) is 0 Å². The summed E-state index contributed by atoms with van der Waals surface area (Å²) < 4.78 is 5.38. The Labute approximate surface area is 124 Å². The number of aromatic nitrogens is 3. The molecular formula is C15H19N5O. The van der Waals surface area contributed by atoms with Crippen molar-refractivity contribution in [3.63, 3.8) is 0 Å². The summed E-state index contributed by atoms with van der Waals surface area (Å²) in [6, 6.07) is 8.18. The molecule has 0 unspecified atom stereocenters. The molecule has 2 heterocycles. The number of anilines is 2. The van der Waals surface area contributed by atoms with Crippen molar-refractivity contribution in [3.8, 4) is 11.4 Å². The van der Waals surface area contributed by atoms with E-state index in [1.54, 1.807) is 0 Å². The zero-order valence-electron chi connectivity index (χ0n) is 12.3. The fraction of sp³-hybridized carbons (Fsp3) is 0.400. The second kappa shape index (κ2) is 6.05. The topological polar surface area (TPSA) is 63.2 Å². The van der Waals surface area contributed by atoms with Gasteiger partial charge in [0.1, 0.15) is 0 Å². The van der Waals surface area contributed by atoms with Crippen molar-refractivity contribution in [1.29, 1.82) is 0 Å². The number of nitrogens with one attached hydrogen (secondary N) is 1. The number of nitrogens with zero attached hydrogens (tertiary/aromatic N) is 4. The molecule has 0 amide bonds. The molecule has 3 rings (SSSR count). The molecule has 1 fully saturated rings. The minimum absolute atomic E-state index is 0.586. The summed E-state index contributed by atoms with van der Waals surface area (Å²) in [5, 5.41) is 3.01. The molecule has 1 aromatic carbocycles. The average molecular weight is 285 g/mol. The number of ether oxygens (including phenoxy) is 1. The Morgan fingerprint density at radius 2 is 1.95 bits per heavy atom. The van der Waals surface area contributed by atoms with Crippen LogP contribution in [0.15, 0.2) is 24.3 Å². The van der Waals surface area contributed by atoms with Gasteiger partial charge >= 0.3 is 0 Å². The van der Waals surface area contributed by atoms with E-state index in [9.17, 15) is 0 Å². The first-order chi connectivity index (χ1) is 10.3. The fourth-order valence-corrected chi connectivity index (χ4v) is 2.29. The largest absolute Gasteiger partial charge is 0.378 e. The zero-order valence-corrected chi connectivity index (χ0v) is 12.3. The third-order valence-electron chi connectivity index (χ3n) is 3.42. The SMILES string of the molecule is CNc1nc(-c2cccc(C)c2)nc(N2CCOCC2)n1. The quantitative estimate of drug-likeness (QED) is 0.926. The third kappa shape index (κ3) is 3.11. The number of rotatable bonds is 3. The Morgan fingerprint density at radius 3 is 2.67 bits per heavy atom. The molecule has 0 radical (unpaired) electrons. The molecule has 110 valence electrons. The van der Waals surface area contributed by atoms with Crippen LogP contribution in [0.2, 0.25) is 0 Å². The number of morpholine rings is 1. The molecule has 21 heavy (non-hydrogen) atoms. The van der Waals surface area contributed by atoms with E-state index >= 15 is 0 Å². The highest BCUT2D eigenvalue weighted by molar-refractivity contribution is 5.59. The van der Waals surface area contributed by atoms with E-state index in [0.717, 1.165) is 18.7 Å². The zero-order chi connectivity index (χ0) is 14.7. The molecule has 1 aromatic heterocycles. The van der Waals surface area contributed by atoms with E-state index in [2.05, 4.69) is 44.2 Å². The van der Waals surface area contributed by atoms with Gasteiger partial charge in [-0.3, -0.25) is 0 Å². The van der Waals surface area contributed by atoms with Gasteiger partial charge in [0, 0.05) is 25.7 Å². The molecule has 0 saturated carbocycles. The van der Waals surface area contributed by atoms with Crippen LogP contribution in [0.4, 0.5) is 11.9 Å². The van der Waals surface area contributed by atoms with E-state index in [4.69, 9.17) is 4.74 Å². The summed E-state index contributed by atoms with van der Waals surface area (Å²) in [7, 11) is 1.82. The van der Waals surface area contributed by atoms with Crippen LogP contribution in [-0.2, 0) is 4.74 Å². The third-order valence-corrected chi connectivity index (χ3v) is 3.42. The van der Waals surface area contributed by atoms with Crippen molar-refractivity contribution in [1.82, 2.24) is 15.0 Å². The van der Waals surface area contributed by atoms with Crippen LogP contribution in [0, 0.1) is 6.92 Å². The van der Waals surface area contributed by atoms with E-state index in [1.807, 2.05) is 19.2 Å². The van der Waals surface area contributed by atoms with Crippen LogP contribution in [0.25, 0.3) is 11.4 Å². The molecule has 1 aliphatic heterocycles. The Bertz CT molecular complexity index is 625. The van der Waals surface area contributed by atoms with Crippen molar-refractivity contribution in [2.24, 2.45) is 0 Å². The Hall–Kier alpha value is -2.21. The van der Waals surface area contributed by atoms with Crippen LogP contribution in [-0.4, -0.2) is 48.3 Å². The van der Waals surface area contributed by atoms with Crippen LogP contribution in [0.3, 0.4) is 0 Å². The lowest BCUT2D eigenvalue weighted by atomic mass is 10.1. The van der Waals surface area contributed by atoms with E-state index in [1.165, 1.54) is 5.56 Å². The summed E-state index contributed by atoms with van der Waals surface area (Å²) in [5.74, 6) is 1.98. The maximum Gasteiger partial charge on any atom is 0.230 e. The first kappa shape index (κ1) is 13.8. The molecule has 0 spiro atoms. The van der Waals surface area contributed by atoms with Gasteiger partial charge in [0.25, 0.3) is 0 Å². The average Bonchev–Trinajstić information content (AvgIpc) is 2.55. The van der Waals surface area contributed by atoms with Gasteiger partial charge in [0.15, 0.2) is 5.82 Å². The highest BCUT2D eigenvalue weighted by Crippen LogP contribution is 2.21. The van der Waals surface area contributed by atoms with Gasteiger partial charge < -0.3 is 15.0 Å². The molecule has 2 aromatic rings. The first-order valence-corrected chi connectivity index (χ1v) is 7.10. The van der Waals surface area contributed by atoms with Gasteiger partial charge in [-0.1, -0.05) is 23.8 Å². The molecule has 6 nitrogen and oxygen atoms in total. The highest BCUT2D eigenvalue weighted by Gasteiger charge is 2.16. The highest BCUT2D eigenvalue weighted by atomic mass is 16.5. The smallest absolute Gasteiger partial charge is 0.230 e. The second-order valence-corrected chi connectivity index (χ2v) is 5.00. The lowest BCUT2D eigenvalue weighted by Crippen LogP contribution is -2.37. The van der Waals surface area contributed by atoms with Crippen LogP contribution in [0.1, 0.15) is 5.56 Å². The van der Waals surface area contributed by atoms with Crippen molar-refractivity contribution >= 4 is 11.9 Å². The summed E-state index contributed by atoms with van der Waals surface area (Å²) in [6.07, 6.45) is 0. The van der Waals surface area contributed by atoms with Crippen LogP contribution in [0.5, 0.6) is 0 Å². The molecule has 1 saturated heterocycles. The van der Waals surface area contributed by atoms with Crippen molar-refractivity contribution in [2.75, 3.05) is 43.6 Å². The lowest BCUT2D eigenvalue weighted by Gasteiger charge is -2.27. The number of hydrogen-bond donors (Lipinski definition) is 1. The summed E-state index contributed by atoms with van der Waals surface area (Å²) in [6.45, 7) is 5.09. The van der Waals surface area contributed by atoms with Crippen molar-refractivity contribution in [2.45, 2.75) is 6.92 Å². The maximum atomic E-state index is 5.38. The molecule has 0 bridgehead atoms. The monoisotopic (exact) mass is 285 g/mol. The van der Waals surface area contributed by atoms with Gasteiger partial charge in [0.2, 0.25) is 11.9 Å². The van der Waals surface area contributed by atoms with Crippen LogP contribution < -0.4 is 10.2 Å². The number of aryl methyl sites for hydroxylation is 1. The minimum atomic E-state index is 0.586. The summed E-state index contributed by atoms with van der Waals surface area (Å²) in [5.41, 5.74) is 2.19. The standard InChI is InChI=1S/C15H19N5O/c1-11-4-3-5-12(10-11)13-17-14(16-2)19-15(18-13)20-6-8-21-9-7-20/h3-5,10H,6-9H2,1-2H3,(H,16,17,18,19). The summed E-state index contributed by atoms with van der Waals surface area (Å²) >= 11 is 0. The van der Waals surface area contributed by atoms with Gasteiger partial charge in [-0.05, 0) is 13.0 Å². The second-order valence-electron chi connectivity index (χ2n) is 5.00. The molecule has 0 atom stereocenters. The summed E-state index contributed by atoms with van der Waals surface area (Å²) in [4.78, 5) is 15.7. The Morgan fingerprint density at radius 1 is 1.14 bits per heavy atom. The van der Waals surface area contributed by atoms with Gasteiger partial charge in [-0.15, -0.1) is 0 Å². The molecule has 6 heteroatoms. The van der Waals surface area contributed by atoms with Crippen LogP contribution >= 0.6 is 0 Å². The van der Waals surface area contributed by atoms with E-state index in [-0.39, 0.29) is 0 Å². The normalized spacial score (nSPS) is 15.0. The van der Waals surface area contributed by atoms with Gasteiger partial charge in [0.05, 0.1) is 13.2 Å². The van der Waals surface area contributed by atoms with E-state index in [0.29, 0.717) is 30.9 Å². The lowest BCUT2D eigenvalue weighted by molar-refractivity contribution is 0.122. The number of hydrogen-bond acceptors (Lipinski definition) is 6. The Balaban J connectivity index is 2.00. The predicted molar refractivity (Wildman–Crippen MR) is 82.6 cm³/mol. The maximum absolute atomic E-state index is 5.38. The molecule has 1 aliphatic rings.